The van der Waals surface area contributed by atoms with Crippen molar-refractivity contribution in [2.75, 3.05) is 27.8 Å². The molecule has 3 rings (SSSR count). The molecule has 0 spiro atoms. The van der Waals surface area contributed by atoms with Crippen LogP contribution < -0.4 is 0 Å². The number of methoxy groups -OCH3 is 1. The molecule has 0 amide bonds. The second-order valence-corrected chi connectivity index (χ2v) is 18.3. The van der Waals surface area contributed by atoms with Crippen molar-refractivity contribution in [3.05, 3.63) is 0 Å². The van der Waals surface area contributed by atoms with Gasteiger partial charge in [-0.1, -0.05) is 34.6 Å². The molecule has 0 aliphatic carbocycles. The van der Waals surface area contributed by atoms with Crippen molar-refractivity contribution in [2.24, 2.45) is 23.7 Å². The molecule has 3 fully saturated rings. The van der Waals surface area contributed by atoms with Crippen LogP contribution in [0.3, 0.4) is 0 Å². The highest BCUT2D eigenvalue weighted by atomic mass is 16.7. The number of aliphatic hydroxyl groups excluding tert-OH is 2. The van der Waals surface area contributed by atoms with Gasteiger partial charge in [0.05, 0.1) is 60.1 Å². The molecule has 4 N–H and O–H groups in total. The standard InChI is InChI=1S/C43H75NO16/c1-15-29-43(11,52)36(48)24(5)33(47)22(3)20-41(9,51)38(25(6)34(26(7)39(50)57-29)59-32-21-42(10,53-14)37(49)27(8)56-32)60-40-35(28(44(12)13)19-23(4)55-40)58-31(46)17-18-54-30(45)16-2/h22-29,32,34-38,40,48-49,51-52H,15-21H2,1-14H3/t22-,23-,24+,25+,26-,27-,28+,29-,32-,34+,35-,36-,37-,38-,40+,41+,42+,43-/m1/s1. The summed E-state index contributed by atoms with van der Waals surface area (Å²) in [4.78, 5) is 55.3. The van der Waals surface area contributed by atoms with E-state index in [1.54, 1.807) is 48.5 Å². The molecule has 17 heteroatoms. The minimum Gasteiger partial charge on any atom is -0.465 e. The first-order valence-corrected chi connectivity index (χ1v) is 21.5. The van der Waals surface area contributed by atoms with Gasteiger partial charge in [-0.2, -0.15) is 0 Å². The Morgan fingerprint density at radius 3 is 2.07 bits per heavy atom. The van der Waals surface area contributed by atoms with Crippen LogP contribution in [0.5, 0.6) is 0 Å². The molecule has 3 aliphatic rings. The highest BCUT2D eigenvalue weighted by molar-refractivity contribution is 5.83. The van der Waals surface area contributed by atoms with Gasteiger partial charge in [0.25, 0.3) is 0 Å². The van der Waals surface area contributed by atoms with Crippen molar-refractivity contribution in [1.29, 1.82) is 0 Å². The Hall–Kier alpha value is -2.32. The normalized spacial score (nSPS) is 43.8. The maximum Gasteiger partial charge on any atom is 0.311 e. The molecule has 17 nitrogen and oxygen atoms in total. The average molecular weight is 862 g/mol. The van der Waals surface area contributed by atoms with Crippen LogP contribution in [0.15, 0.2) is 0 Å². The van der Waals surface area contributed by atoms with Gasteiger partial charge in [-0.15, -0.1) is 0 Å². The number of hydrogen-bond donors (Lipinski definition) is 4. The van der Waals surface area contributed by atoms with E-state index in [4.69, 9.17) is 37.9 Å². The Bertz CT molecular complexity index is 1440. The van der Waals surface area contributed by atoms with Crippen LogP contribution in [0, 0.1) is 23.7 Å². The van der Waals surface area contributed by atoms with Crippen LogP contribution in [0.1, 0.15) is 115 Å². The topological polar surface area (TPSA) is 226 Å². The third-order valence-corrected chi connectivity index (χ3v) is 12.9. The third-order valence-electron chi connectivity index (χ3n) is 12.9. The molecule has 18 atom stereocenters. The van der Waals surface area contributed by atoms with Crippen LogP contribution in [0.2, 0.25) is 0 Å². The van der Waals surface area contributed by atoms with Gasteiger partial charge in [-0.25, -0.2) is 0 Å². The predicted molar refractivity (Wildman–Crippen MR) is 216 cm³/mol. The number of carbonyl (C=O) groups excluding carboxylic acids is 4. The molecule has 60 heavy (non-hydrogen) atoms. The summed E-state index contributed by atoms with van der Waals surface area (Å²) in [7, 11) is 5.10. The maximum atomic E-state index is 14.3. The fourth-order valence-electron chi connectivity index (χ4n) is 9.08. The molecule has 3 saturated heterocycles. The first kappa shape index (κ1) is 52.0. The maximum absolute atomic E-state index is 14.3. The predicted octanol–water partition coefficient (Wildman–Crippen LogP) is 2.68. The van der Waals surface area contributed by atoms with Crippen molar-refractivity contribution in [1.82, 2.24) is 4.90 Å². The van der Waals surface area contributed by atoms with E-state index < -0.39 is 132 Å². The highest BCUT2D eigenvalue weighted by Crippen LogP contribution is 2.41. The minimum atomic E-state index is -2.04. The molecule has 0 aromatic carbocycles. The number of esters is 3. The van der Waals surface area contributed by atoms with Crippen molar-refractivity contribution >= 4 is 23.7 Å². The van der Waals surface area contributed by atoms with Gasteiger partial charge in [0, 0.05) is 37.7 Å². The summed E-state index contributed by atoms with van der Waals surface area (Å²) in [6.07, 6.45) is -10.7. The molecule has 0 bridgehead atoms. The largest absolute Gasteiger partial charge is 0.465 e. The molecule has 348 valence electrons. The van der Waals surface area contributed by atoms with Gasteiger partial charge in [-0.3, -0.25) is 19.2 Å². The monoisotopic (exact) mass is 862 g/mol. The lowest BCUT2D eigenvalue weighted by molar-refractivity contribution is -0.319. The van der Waals surface area contributed by atoms with Gasteiger partial charge < -0.3 is 63.2 Å². The first-order valence-electron chi connectivity index (χ1n) is 21.5. The number of cyclic esters (lactones) is 1. The summed E-state index contributed by atoms with van der Waals surface area (Å²) in [6, 6.07) is -0.433. The molecule has 3 heterocycles. The summed E-state index contributed by atoms with van der Waals surface area (Å²) < 4.78 is 48.9. The SMILES string of the molecule is CCC(=O)OCCC(=O)O[C@H]1[C@H](O[C@@H]2[C@@H](C)[C@H](O[C@@H]3C[C@](C)(OC)[C@H](O)[C@@H](C)O3)[C@@H](C)C(=O)O[C@H](CC)[C@@](C)(O)[C@H](O)[C@@H](C)C(=O)[C@H](C)C[C@]2(C)O)O[C@H](C)C[C@@H]1N(C)C. The summed E-state index contributed by atoms with van der Waals surface area (Å²) >= 11 is 0. The minimum absolute atomic E-state index is 0.0448. The number of aliphatic hydroxyl groups is 4. The fourth-order valence-corrected chi connectivity index (χ4v) is 9.08. The van der Waals surface area contributed by atoms with Crippen molar-refractivity contribution in [3.8, 4) is 0 Å². The molecule has 0 saturated carbocycles. The van der Waals surface area contributed by atoms with Crippen molar-refractivity contribution in [2.45, 2.75) is 199 Å². The second-order valence-electron chi connectivity index (χ2n) is 18.3. The Morgan fingerprint density at radius 2 is 1.50 bits per heavy atom. The first-order chi connectivity index (χ1) is 27.8. The van der Waals surface area contributed by atoms with Gasteiger partial charge in [0.2, 0.25) is 0 Å². The van der Waals surface area contributed by atoms with Gasteiger partial charge in [0.1, 0.15) is 30.2 Å². The Balaban J connectivity index is 2.21. The van der Waals surface area contributed by atoms with Crippen LogP contribution in [0.25, 0.3) is 0 Å². The zero-order chi connectivity index (χ0) is 45.7. The summed E-state index contributed by atoms with van der Waals surface area (Å²) in [6.45, 7) is 17.5. The smallest absolute Gasteiger partial charge is 0.311 e. The molecule has 0 radical (unpaired) electrons. The van der Waals surface area contributed by atoms with E-state index in [9.17, 15) is 39.6 Å². The fraction of sp³-hybridized carbons (Fsp3) is 0.907. The number of likely N-dealkylation sites (N-methyl/N-ethyl adjacent to an activating group) is 1. The highest BCUT2D eigenvalue weighted by Gasteiger charge is 2.54. The lowest BCUT2D eigenvalue weighted by Gasteiger charge is -2.49. The molecular weight excluding hydrogens is 786 g/mol. The van der Waals surface area contributed by atoms with Gasteiger partial charge in [0.15, 0.2) is 18.7 Å². The zero-order valence-corrected chi connectivity index (χ0v) is 38.2. The van der Waals surface area contributed by atoms with Crippen LogP contribution in [-0.4, -0.2) is 161 Å². The Kier molecular flexibility index (Phi) is 18.5. The molecule has 0 unspecified atom stereocenters. The van der Waals surface area contributed by atoms with E-state index in [2.05, 4.69) is 0 Å². The molecule has 0 aromatic heterocycles. The zero-order valence-electron chi connectivity index (χ0n) is 38.2. The molecule has 3 aliphatic heterocycles. The van der Waals surface area contributed by atoms with Gasteiger partial charge >= 0.3 is 17.9 Å². The average Bonchev–Trinajstić information content (AvgIpc) is 3.18. The second kappa shape index (κ2) is 21.4. The van der Waals surface area contributed by atoms with E-state index in [0.29, 0.717) is 6.42 Å². The molecular formula is C43H75NO16. The quantitative estimate of drug-likeness (QED) is 0.163. The molecule has 0 aromatic rings. The van der Waals surface area contributed by atoms with Crippen LogP contribution in [0.4, 0.5) is 0 Å². The van der Waals surface area contributed by atoms with Crippen LogP contribution >= 0.6 is 0 Å². The number of ether oxygens (including phenoxy) is 8. The summed E-state index contributed by atoms with van der Waals surface area (Å²) in [5.74, 6) is -6.51. The van der Waals surface area contributed by atoms with Crippen molar-refractivity contribution < 1.29 is 77.5 Å². The van der Waals surface area contributed by atoms with Gasteiger partial charge in [-0.05, 0) is 74.9 Å². The number of hydrogen-bond acceptors (Lipinski definition) is 17. The Labute approximate surface area is 356 Å². The lowest BCUT2D eigenvalue weighted by Crippen LogP contribution is -2.61. The number of rotatable bonds is 12. The van der Waals surface area contributed by atoms with E-state index in [-0.39, 0.29) is 38.7 Å². The lowest BCUT2D eigenvalue weighted by atomic mass is 9.74. The van der Waals surface area contributed by atoms with Crippen molar-refractivity contribution in [3.63, 3.8) is 0 Å². The third kappa shape index (κ3) is 12.2. The van der Waals surface area contributed by atoms with Crippen LogP contribution in [-0.2, 0) is 57.1 Å². The summed E-state index contributed by atoms with van der Waals surface area (Å²) in [5, 5.41) is 46.8. The Morgan fingerprint density at radius 1 is 0.867 bits per heavy atom. The number of Topliss-reactive ketones (excluding diaryl/α,β-unsaturated/α-hetero) is 1. The summed E-state index contributed by atoms with van der Waals surface area (Å²) in [5.41, 5.74) is -5.05. The van der Waals surface area contributed by atoms with E-state index in [1.165, 1.54) is 27.9 Å². The van der Waals surface area contributed by atoms with E-state index >= 15 is 0 Å². The number of nitrogens with zero attached hydrogens (tertiary/aromatic N) is 1. The van der Waals surface area contributed by atoms with E-state index in [0.717, 1.165) is 0 Å². The number of ketones is 1. The number of carbonyl (C=O) groups is 4. The van der Waals surface area contributed by atoms with E-state index in [1.807, 2.05) is 25.9 Å².